The average molecular weight is 1600 g/mol. The van der Waals surface area contributed by atoms with E-state index >= 15 is 0 Å². The normalized spacial score (nSPS) is 15.1. The number of hydrogen-bond acceptors (Lipinski definition) is 16. The topological polar surface area (TPSA) is 590 Å². The molecule has 0 fully saturated rings. The summed E-state index contributed by atoms with van der Waals surface area (Å²) in [4.78, 5) is 163. The zero-order valence-corrected chi connectivity index (χ0v) is 63.0. The lowest BCUT2D eigenvalue weighted by molar-refractivity contribution is -0.143. The molecule has 0 aliphatic carbocycles. The number of fused-ring (bicyclic) bond motifs is 4. The molecule has 4 unspecified atom stereocenters. The molecule has 8 aromatic rings. The fraction of sp³-hybridized carbons (Fsp3) is 0.222. The number of guanidine groups is 3. The SMILES string of the molecule is NC(N)=Nc1cccc(C(=O)NCC(=O)N2CCc3ccccc3C2CC(=O)O)c1.NC(N)=Nc1cccc(C(=O)NNC(=O)N2CCc3ccccc3C2CC(=O)O)c1.NC(N)=Nc1cccc(C(=O)NNC(=O)N2Cc3ccccc3CC2CC(=O)O)c1.Nc1cccc(C(=O)NCC(=O)N2Cc3ccccc3CC2CC(=O)O)c1. The Bertz CT molecular complexity index is 4860. The monoisotopic (exact) mass is 1600 g/mol. The third-order valence-electron chi connectivity index (χ3n) is 18.9. The number of hydrogen-bond donors (Lipinski definition) is 17. The highest BCUT2D eigenvalue weighted by molar-refractivity contribution is 6.00. The van der Waals surface area contributed by atoms with Crippen molar-refractivity contribution in [2.45, 2.75) is 88.6 Å². The number of rotatable bonds is 19. The van der Waals surface area contributed by atoms with Gasteiger partial charge in [0.1, 0.15) is 0 Å². The predicted molar refractivity (Wildman–Crippen MR) is 430 cm³/mol. The molecular weight excluding hydrogens is 1510 g/mol. The summed E-state index contributed by atoms with van der Waals surface area (Å²) in [5, 5.41) is 42.2. The molecule has 36 nitrogen and oxygen atoms in total. The second kappa shape index (κ2) is 40.7. The summed E-state index contributed by atoms with van der Waals surface area (Å²) in [6.07, 6.45) is 1.36. The molecule has 0 saturated heterocycles. The highest BCUT2D eigenvalue weighted by Gasteiger charge is 2.37. The number of nitrogen functional groups attached to an aromatic ring is 1. The number of aliphatic carboxylic acids is 4. The molecule has 0 saturated carbocycles. The number of benzene rings is 8. The molecule has 8 aromatic carbocycles. The summed E-state index contributed by atoms with van der Waals surface area (Å²) in [5.74, 6) is -7.03. The zero-order chi connectivity index (χ0) is 84.4. The first kappa shape index (κ1) is 85.6. The number of anilines is 1. The summed E-state index contributed by atoms with van der Waals surface area (Å²) >= 11 is 0. The van der Waals surface area contributed by atoms with Crippen LogP contribution in [0.3, 0.4) is 0 Å². The van der Waals surface area contributed by atoms with Gasteiger partial charge < -0.3 is 90.8 Å². The summed E-state index contributed by atoms with van der Waals surface area (Å²) < 4.78 is 0. The fourth-order valence-electron chi connectivity index (χ4n) is 13.6. The highest BCUT2D eigenvalue weighted by atomic mass is 16.4. The summed E-state index contributed by atoms with van der Waals surface area (Å²) in [6.45, 7) is 0.854. The molecule has 4 aliphatic heterocycles. The predicted octanol–water partition coefficient (Wildman–Crippen LogP) is 4.22. The molecule has 24 N–H and O–H groups in total. The van der Waals surface area contributed by atoms with Crippen LogP contribution in [0.4, 0.5) is 32.3 Å². The van der Waals surface area contributed by atoms with Crippen molar-refractivity contribution in [2.75, 3.05) is 31.9 Å². The van der Waals surface area contributed by atoms with Crippen LogP contribution in [-0.4, -0.2) is 168 Å². The molecule has 117 heavy (non-hydrogen) atoms. The summed E-state index contributed by atoms with van der Waals surface area (Å²) in [6, 6.07) is 52.1. The lowest BCUT2D eigenvalue weighted by Crippen LogP contribution is -2.54. The van der Waals surface area contributed by atoms with Crippen LogP contribution in [0.1, 0.15) is 124 Å². The third kappa shape index (κ3) is 24.8. The van der Waals surface area contributed by atoms with Gasteiger partial charge in [0.15, 0.2) is 17.9 Å². The van der Waals surface area contributed by atoms with Crippen molar-refractivity contribution in [3.05, 3.63) is 261 Å². The van der Waals surface area contributed by atoms with E-state index in [2.05, 4.69) is 47.3 Å². The van der Waals surface area contributed by atoms with E-state index in [1.54, 1.807) is 66.7 Å². The van der Waals surface area contributed by atoms with Gasteiger partial charge in [0.05, 0.1) is 67.9 Å². The van der Waals surface area contributed by atoms with Gasteiger partial charge in [0, 0.05) is 66.2 Å². The Kier molecular flexibility index (Phi) is 29.8. The number of carbonyl (C=O) groups excluding carboxylic acids is 8. The van der Waals surface area contributed by atoms with Crippen LogP contribution in [0, 0.1) is 0 Å². The quantitative estimate of drug-likeness (QED) is 0.0233. The van der Waals surface area contributed by atoms with E-state index in [-0.39, 0.29) is 86.1 Å². The standard InChI is InChI=1S/C21H23N5O4.2C20H22N6O4.C20H21N3O4/c22-21(23)25-15-6-3-5-14(10-15)20(30)24-12-18(27)26-9-8-13-4-1-2-7-16(13)17(26)11-19(28)29;21-19(22)23-14-6-3-5-13(10-14)18(29)24-25-20(30)26-9-8-12-4-1-2-7-15(12)16(26)11-17(27)28;21-19(22)23-15-7-3-6-13(8-15)18(29)24-25-20(30)26-11-14-5-2-1-4-12(14)9-16(26)10-17(27)28;21-16-7-3-6-14(8-16)20(27)22-11-18(24)23-12-15-5-2-1-4-13(15)9-17(23)10-19(25)26/h1-7,10,17H,8-9,11-12H2,(H,24,30)(H,28,29)(H4,22,23,25);1-7,10,16H,8-9,11H2,(H,24,29)(H,25,30)(H,27,28)(H4,21,22,23);1-8,16H,9-11H2,(H,24,29)(H,25,30)(H,27,28)(H4,21,22,23);1-8,17H,9-12,21H2,(H,22,27)(H,25,26). The van der Waals surface area contributed by atoms with Crippen molar-refractivity contribution in [2.24, 2.45) is 49.4 Å². The molecule has 0 radical (unpaired) electrons. The Morgan fingerprint density at radius 1 is 0.350 bits per heavy atom. The first-order valence-corrected chi connectivity index (χ1v) is 36.5. The smallest absolute Gasteiger partial charge is 0.336 e. The first-order chi connectivity index (χ1) is 56.0. The number of urea groups is 2. The molecule has 10 amide bonds. The Balaban J connectivity index is 0.000000178. The van der Waals surface area contributed by atoms with E-state index in [1.165, 1.54) is 56.0 Å². The van der Waals surface area contributed by atoms with Gasteiger partial charge in [-0.05, 0) is 143 Å². The van der Waals surface area contributed by atoms with E-state index in [4.69, 9.17) is 40.1 Å². The first-order valence-electron chi connectivity index (χ1n) is 36.5. The van der Waals surface area contributed by atoms with Crippen LogP contribution < -0.4 is 72.5 Å². The van der Waals surface area contributed by atoms with Crippen molar-refractivity contribution in [1.29, 1.82) is 0 Å². The summed E-state index contributed by atoms with van der Waals surface area (Å²) in [5.41, 5.74) is 57.6. The number of carboxylic acid groups (broad SMARTS) is 4. The number of nitrogens with two attached hydrogens (primary N) is 7. The lowest BCUT2D eigenvalue weighted by atomic mass is 9.90. The Hall–Kier alpha value is -15.4. The number of amides is 10. The largest absolute Gasteiger partial charge is 0.481 e. The van der Waals surface area contributed by atoms with Crippen LogP contribution in [-0.2, 0) is 67.5 Å². The van der Waals surface area contributed by atoms with Gasteiger partial charge in [-0.25, -0.2) is 35.4 Å². The van der Waals surface area contributed by atoms with Gasteiger partial charge in [-0.2, -0.15) is 0 Å². The molecule has 0 aromatic heterocycles. The number of carboxylic acids is 4. The number of aliphatic imine (C=N–C) groups is 3. The van der Waals surface area contributed by atoms with Crippen molar-refractivity contribution in [1.82, 2.24) is 51.9 Å². The number of carbonyl (C=O) groups is 12. The van der Waals surface area contributed by atoms with E-state index in [0.717, 1.165) is 44.5 Å². The molecular formula is C81H88N20O16. The second-order valence-corrected chi connectivity index (χ2v) is 27.0. The van der Waals surface area contributed by atoms with Gasteiger partial charge >= 0.3 is 35.9 Å². The maximum Gasteiger partial charge on any atom is 0.336 e. The Labute approximate surface area is 669 Å². The number of hydrazine groups is 2. The molecule has 0 bridgehead atoms. The molecule has 4 atom stereocenters. The molecule has 36 heteroatoms. The van der Waals surface area contributed by atoms with Gasteiger partial charge in [-0.3, -0.25) is 58.8 Å². The van der Waals surface area contributed by atoms with Crippen LogP contribution in [0.2, 0.25) is 0 Å². The minimum absolute atomic E-state index is 0.127. The van der Waals surface area contributed by atoms with Crippen molar-refractivity contribution in [3.63, 3.8) is 0 Å². The van der Waals surface area contributed by atoms with E-state index in [0.29, 0.717) is 79.2 Å². The summed E-state index contributed by atoms with van der Waals surface area (Å²) in [7, 11) is 0. The van der Waals surface area contributed by atoms with Crippen LogP contribution in [0.15, 0.2) is 209 Å². The second-order valence-electron chi connectivity index (χ2n) is 27.0. The maximum absolute atomic E-state index is 12.8. The maximum atomic E-state index is 12.8. The fourth-order valence-corrected chi connectivity index (χ4v) is 13.6. The van der Waals surface area contributed by atoms with E-state index in [1.807, 2.05) is 91.0 Å². The lowest BCUT2D eigenvalue weighted by Gasteiger charge is -2.36. The van der Waals surface area contributed by atoms with Crippen molar-refractivity contribution in [3.8, 4) is 0 Å². The Morgan fingerprint density at radius 3 is 1.09 bits per heavy atom. The molecule has 4 heterocycles. The van der Waals surface area contributed by atoms with Crippen molar-refractivity contribution < 1.29 is 78.0 Å². The molecule has 12 rings (SSSR count). The van der Waals surface area contributed by atoms with Gasteiger partial charge in [0.25, 0.3) is 23.6 Å². The van der Waals surface area contributed by atoms with Crippen LogP contribution in [0.5, 0.6) is 0 Å². The van der Waals surface area contributed by atoms with Crippen LogP contribution in [0.25, 0.3) is 0 Å². The van der Waals surface area contributed by atoms with Crippen molar-refractivity contribution >= 4 is 112 Å². The molecule has 608 valence electrons. The zero-order valence-electron chi connectivity index (χ0n) is 63.0. The number of nitrogens with one attached hydrogen (secondary N) is 6. The molecule has 4 aliphatic rings. The number of nitrogens with zero attached hydrogens (tertiary/aromatic N) is 7. The van der Waals surface area contributed by atoms with Gasteiger partial charge in [-0.15, -0.1) is 0 Å². The van der Waals surface area contributed by atoms with E-state index in [9.17, 15) is 78.0 Å². The Morgan fingerprint density at radius 2 is 0.684 bits per heavy atom. The van der Waals surface area contributed by atoms with Gasteiger partial charge in [-0.1, -0.05) is 121 Å². The molecule has 0 spiro atoms. The third-order valence-corrected chi connectivity index (χ3v) is 18.9. The minimum Gasteiger partial charge on any atom is -0.481 e. The van der Waals surface area contributed by atoms with E-state index < -0.39 is 83.7 Å². The average Bonchev–Trinajstić information content (AvgIpc) is 0.800. The minimum atomic E-state index is -1.02. The van der Waals surface area contributed by atoms with Crippen LogP contribution >= 0.6 is 0 Å². The van der Waals surface area contributed by atoms with Gasteiger partial charge in [0.2, 0.25) is 11.8 Å². The highest BCUT2D eigenvalue weighted by Crippen LogP contribution is 2.35.